The maximum absolute atomic E-state index is 11.2. The van der Waals surface area contributed by atoms with Crippen LogP contribution in [0.1, 0.15) is 30.1 Å². The van der Waals surface area contributed by atoms with Crippen molar-refractivity contribution in [1.82, 2.24) is 0 Å². The summed E-state index contributed by atoms with van der Waals surface area (Å²) in [6, 6.07) is 3.46. The number of hydrogen-bond acceptors (Lipinski definition) is 4. The first-order valence-corrected chi connectivity index (χ1v) is 5.86. The fraction of sp³-hybridized carbons (Fsp3) is 0.462. The van der Waals surface area contributed by atoms with E-state index in [9.17, 15) is 15.0 Å². The smallest absolute Gasteiger partial charge is 0.312 e. The van der Waals surface area contributed by atoms with E-state index in [1.54, 1.807) is 12.1 Å². The van der Waals surface area contributed by atoms with Crippen LogP contribution in [0.3, 0.4) is 0 Å². The van der Waals surface area contributed by atoms with Crippen molar-refractivity contribution in [2.24, 2.45) is 5.41 Å². The van der Waals surface area contributed by atoms with Gasteiger partial charge in [0, 0.05) is 0 Å². The summed E-state index contributed by atoms with van der Waals surface area (Å²) in [5.74, 6) is 0.270. The van der Waals surface area contributed by atoms with Crippen LogP contribution >= 0.6 is 0 Å². The number of carboxylic acids is 1. The molecule has 1 aliphatic carbocycles. The molecule has 0 saturated heterocycles. The number of aryl methyl sites for hydroxylation is 1. The van der Waals surface area contributed by atoms with Crippen LogP contribution in [0.2, 0.25) is 0 Å². The van der Waals surface area contributed by atoms with Crippen molar-refractivity contribution >= 4 is 5.97 Å². The van der Waals surface area contributed by atoms with Gasteiger partial charge >= 0.3 is 5.97 Å². The highest BCUT2D eigenvalue weighted by Crippen LogP contribution is 2.56. The predicted octanol–water partition coefficient (Wildman–Crippen LogP) is 1.62. The summed E-state index contributed by atoms with van der Waals surface area (Å²) in [5, 5.41) is 19.5. The number of hydrogen-bond donors (Lipinski definition) is 2. The van der Waals surface area contributed by atoms with Gasteiger partial charge in [-0.05, 0) is 43.0 Å². The summed E-state index contributed by atoms with van der Waals surface area (Å²) < 4.78 is 10.5. The summed E-state index contributed by atoms with van der Waals surface area (Å²) in [6.45, 7) is 2.00. The van der Waals surface area contributed by atoms with E-state index < -0.39 is 17.5 Å². The summed E-state index contributed by atoms with van der Waals surface area (Å²) >= 11 is 0. The van der Waals surface area contributed by atoms with Crippen molar-refractivity contribution in [3.63, 3.8) is 0 Å². The Balaban J connectivity index is 2.00. The number of benzene rings is 1. The second-order valence-electron chi connectivity index (χ2n) is 4.93. The van der Waals surface area contributed by atoms with Crippen molar-refractivity contribution in [2.45, 2.75) is 25.9 Å². The van der Waals surface area contributed by atoms with Gasteiger partial charge in [0.15, 0.2) is 11.5 Å². The molecule has 1 atom stereocenters. The summed E-state index contributed by atoms with van der Waals surface area (Å²) in [4.78, 5) is 11.2. The zero-order chi connectivity index (χ0) is 12.9. The van der Waals surface area contributed by atoms with E-state index >= 15 is 0 Å². The minimum Gasteiger partial charge on any atom is -0.481 e. The van der Waals surface area contributed by atoms with E-state index in [0.29, 0.717) is 29.9 Å². The Morgan fingerprint density at radius 1 is 1.33 bits per heavy atom. The lowest BCUT2D eigenvalue weighted by Gasteiger charge is -2.20. The molecule has 1 aliphatic heterocycles. The molecule has 1 saturated carbocycles. The Bertz CT molecular complexity index is 518. The molecule has 1 unspecified atom stereocenters. The number of fused-ring (bicyclic) bond motifs is 1. The number of aliphatic hydroxyl groups excluding tert-OH is 1. The van der Waals surface area contributed by atoms with Gasteiger partial charge in [-0.25, -0.2) is 0 Å². The van der Waals surface area contributed by atoms with Crippen LogP contribution in [0.4, 0.5) is 0 Å². The Kier molecular flexibility index (Phi) is 2.28. The van der Waals surface area contributed by atoms with E-state index in [0.717, 1.165) is 5.56 Å². The molecule has 1 fully saturated rings. The predicted molar refractivity (Wildman–Crippen MR) is 61.6 cm³/mol. The van der Waals surface area contributed by atoms with E-state index in [-0.39, 0.29) is 6.79 Å². The van der Waals surface area contributed by atoms with Gasteiger partial charge < -0.3 is 19.7 Å². The molecular formula is C13H14O5. The normalized spacial score (nSPS) is 20.6. The third kappa shape index (κ3) is 1.47. The molecule has 0 amide bonds. The van der Waals surface area contributed by atoms with Gasteiger partial charge in [-0.3, -0.25) is 4.79 Å². The molecular weight excluding hydrogens is 236 g/mol. The molecule has 5 nitrogen and oxygen atoms in total. The summed E-state index contributed by atoms with van der Waals surface area (Å²) in [6.07, 6.45) is 0.0267. The monoisotopic (exact) mass is 250 g/mol. The fourth-order valence-corrected chi connectivity index (χ4v) is 2.39. The molecule has 0 radical (unpaired) electrons. The minimum atomic E-state index is -1.02. The first-order chi connectivity index (χ1) is 8.54. The average Bonchev–Trinajstić information content (AvgIpc) is 3.02. The average molecular weight is 250 g/mol. The second-order valence-corrected chi connectivity index (χ2v) is 4.93. The third-order valence-corrected chi connectivity index (χ3v) is 3.79. The number of carbonyl (C=O) groups is 1. The zero-order valence-corrected chi connectivity index (χ0v) is 9.97. The van der Waals surface area contributed by atoms with Crippen LogP contribution in [0, 0.1) is 12.3 Å². The van der Waals surface area contributed by atoms with Gasteiger partial charge in [-0.1, -0.05) is 0 Å². The van der Waals surface area contributed by atoms with Crippen LogP contribution in [0.5, 0.6) is 11.5 Å². The van der Waals surface area contributed by atoms with Crippen molar-refractivity contribution in [3.8, 4) is 11.5 Å². The first kappa shape index (κ1) is 11.3. The number of rotatable bonds is 3. The Hall–Kier alpha value is -1.75. The maximum atomic E-state index is 11.2. The lowest BCUT2D eigenvalue weighted by molar-refractivity contribution is -0.148. The Morgan fingerprint density at radius 2 is 1.94 bits per heavy atom. The molecule has 18 heavy (non-hydrogen) atoms. The molecule has 96 valence electrons. The molecule has 5 heteroatoms. The number of ether oxygens (including phenoxy) is 2. The lowest BCUT2D eigenvalue weighted by Crippen LogP contribution is -2.24. The highest BCUT2D eigenvalue weighted by Gasteiger charge is 2.56. The van der Waals surface area contributed by atoms with Crippen LogP contribution in [-0.4, -0.2) is 23.0 Å². The minimum absolute atomic E-state index is 0.165. The standard InChI is InChI=1S/C13H14O5/c1-7-4-9-10(18-6-17-9)5-8(7)11(14)13(2-3-13)12(15)16/h4-5,11,14H,2-3,6H2,1H3,(H,15,16). The van der Waals surface area contributed by atoms with Crippen LogP contribution in [0.25, 0.3) is 0 Å². The largest absolute Gasteiger partial charge is 0.481 e. The van der Waals surface area contributed by atoms with E-state index in [1.807, 2.05) is 6.92 Å². The van der Waals surface area contributed by atoms with Gasteiger partial charge in [0.1, 0.15) is 0 Å². The highest BCUT2D eigenvalue weighted by molar-refractivity contribution is 5.79. The summed E-state index contributed by atoms with van der Waals surface area (Å²) in [7, 11) is 0. The molecule has 2 aliphatic rings. The Labute approximate surface area is 104 Å². The molecule has 0 spiro atoms. The molecule has 0 bridgehead atoms. The molecule has 1 aromatic carbocycles. The molecule has 3 rings (SSSR count). The second kappa shape index (κ2) is 3.62. The SMILES string of the molecule is Cc1cc2c(cc1C(O)C1(C(=O)O)CC1)OCO2. The van der Waals surface area contributed by atoms with Gasteiger partial charge in [0.25, 0.3) is 0 Å². The quantitative estimate of drug-likeness (QED) is 0.852. The van der Waals surface area contributed by atoms with E-state index in [1.165, 1.54) is 0 Å². The molecule has 1 heterocycles. The maximum Gasteiger partial charge on any atom is 0.312 e. The molecule has 2 N–H and O–H groups in total. The fourth-order valence-electron chi connectivity index (χ4n) is 2.39. The first-order valence-electron chi connectivity index (χ1n) is 5.86. The zero-order valence-electron chi connectivity index (χ0n) is 9.97. The van der Waals surface area contributed by atoms with Crippen molar-refractivity contribution < 1.29 is 24.5 Å². The number of aliphatic hydroxyl groups is 1. The lowest BCUT2D eigenvalue weighted by atomic mass is 9.90. The van der Waals surface area contributed by atoms with E-state index in [2.05, 4.69) is 0 Å². The van der Waals surface area contributed by atoms with Crippen molar-refractivity contribution in [3.05, 3.63) is 23.3 Å². The van der Waals surface area contributed by atoms with Crippen LogP contribution in [-0.2, 0) is 4.79 Å². The van der Waals surface area contributed by atoms with Gasteiger partial charge in [-0.2, -0.15) is 0 Å². The number of carboxylic acid groups (broad SMARTS) is 1. The van der Waals surface area contributed by atoms with Gasteiger partial charge in [0.2, 0.25) is 6.79 Å². The van der Waals surface area contributed by atoms with Crippen LogP contribution in [0.15, 0.2) is 12.1 Å². The highest BCUT2D eigenvalue weighted by atomic mass is 16.7. The molecule has 1 aromatic rings. The van der Waals surface area contributed by atoms with Crippen molar-refractivity contribution in [1.29, 1.82) is 0 Å². The third-order valence-electron chi connectivity index (χ3n) is 3.79. The van der Waals surface area contributed by atoms with Gasteiger partial charge in [0.05, 0.1) is 11.5 Å². The van der Waals surface area contributed by atoms with Crippen LogP contribution < -0.4 is 9.47 Å². The van der Waals surface area contributed by atoms with E-state index in [4.69, 9.17) is 9.47 Å². The van der Waals surface area contributed by atoms with Crippen molar-refractivity contribution in [2.75, 3.05) is 6.79 Å². The van der Waals surface area contributed by atoms with Gasteiger partial charge in [-0.15, -0.1) is 0 Å². The molecule has 0 aromatic heterocycles. The topological polar surface area (TPSA) is 76.0 Å². The Morgan fingerprint density at radius 3 is 2.50 bits per heavy atom. The summed E-state index contributed by atoms with van der Waals surface area (Å²) in [5.41, 5.74) is 0.414. The number of aliphatic carboxylic acids is 1.